The van der Waals surface area contributed by atoms with Gasteiger partial charge in [0.25, 0.3) is 0 Å². The summed E-state index contributed by atoms with van der Waals surface area (Å²) in [4.78, 5) is 37.6. The number of benzene rings is 1. The monoisotopic (exact) mass is 410 g/mol. The van der Waals surface area contributed by atoms with Gasteiger partial charge >= 0.3 is 11.9 Å². The first-order valence-corrected chi connectivity index (χ1v) is 10.5. The minimum atomic E-state index is -1.05. The van der Waals surface area contributed by atoms with Crippen LogP contribution in [0.15, 0.2) is 30.3 Å². The fourth-order valence-corrected chi connectivity index (χ4v) is 3.41. The van der Waals surface area contributed by atoms with E-state index in [1.165, 1.54) is 18.7 Å². The molecule has 28 heavy (non-hydrogen) atoms. The van der Waals surface area contributed by atoms with Crippen LogP contribution in [0.1, 0.15) is 33.3 Å². The van der Waals surface area contributed by atoms with Crippen LogP contribution in [-0.4, -0.2) is 64.1 Å². The predicted molar refractivity (Wildman–Crippen MR) is 110 cm³/mol. The van der Waals surface area contributed by atoms with E-state index < -0.39 is 24.0 Å². The van der Waals surface area contributed by atoms with Crippen LogP contribution in [0.5, 0.6) is 0 Å². The number of nitrogens with zero attached hydrogens (tertiary/aromatic N) is 1. The molecule has 8 heteroatoms. The summed E-state index contributed by atoms with van der Waals surface area (Å²) in [5.41, 5.74) is 1.05. The van der Waals surface area contributed by atoms with E-state index in [1.807, 2.05) is 44.2 Å². The Morgan fingerprint density at radius 1 is 1.18 bits per heavy atom. The highest BCUT2D eigenvalue weighted by Gasteiger charge is 2.25. The zero-order valence-corrected chi connectivity index (χ0v) is 17.7. The van der Waals surface area contributed by atoms with Crippen LogP contribution < -0.4 is 5.32 Å². The van der Waals surface area contributed by atoms with Crippen molar-refractivity contribution >= 4 is 29.6 Å². The van der Waals surface area contributed by atoms with Crippen molar-refractivity contribution in [1.29, 1.82) is 0 Å². The van der Waals surface area contributed by atoms with Crippen molar-refractivity contribution in [1.82, 2.24) is 10.2 Å². The number of amides is 1. The van der Waals surface area contributed by atoms with E-state index in [1.54, 1.807) is 11.8 Å². The van der Waals surface area contributed by atoms with Crippen LogP contribution in [0, 0.1) is 0 Å². The summed E-state index contributed by atoms with van der Waals surface area (Å²) in [5, 5.41) is 11.8. The predicted octanol–water partition coefficient (Wildman–Crippen LogP) is 2.15. The van der Waals surface area contributed by atoms with Crippen molar-refractivity contribution in [3.05, 3.63) is 35.9 Å². The second-order valence-electron chi connectivity index (χ2n) is 6.65. The summed E-state index contributed by atoms with van der Waals surface area (Å²) in [5.74, 6) is -1.15. The number of ether oxygens (including phenoxy) is 1. The summed E-state index contributed by atoms with van der Waals surface area (Å²) in [6, 6.07) is 8.12. The third kappa shape index (κ3) is 8.31. The lowest BCUT2D eigenvalue weighted by atomic mass is 10.2. The summed E-state index contributed by atoms with van der Waals surface area (Å²) in [7, 11) is 0. The maximum absolute atomic E-state index is 12.7. The SMILES string of the molecule is CCOC(=O)[C@H](CSCC(=O)N(Cc1ccccc1)C(C)C)N[C@H](C)C(=O)O. The first-order valence-electron chi connectivity index (χ1n) is 9.32. The molecular formula is C20H30N2O5S. The van der Waals surface area contributed by atoms with E-state index in [2.05, 4.69) is 5.32 Å². The van der Waals surface area contributed by atoms with Crippen LogP contribution >= 0.6 is 11.8 Å². The van der Waals surface area contributed by atoms with Crippen LogP contribution in [-0.2, 0) is 25.7 Å². The second-order valence-corrected chi connectivity index (χ2v) is 7.68. The average molecular weight is 411 g/mol. The third-order valence-corrected chi connectivity index (χ3v) is 5.06. The minimum absolute atomic E-state index is 0.0299. The average Bonchev–Trinajstić information content (AvgIpc) is 2.65. The lowest BCUT2D eigenvalue weighted by Gasteiger charge is -2.27. The smallest absolute Gasteiger partial charge is 0.324 e. The summed E-state index contributed by atoms with van der Waals surface area (Å²) in [6.45, 7) is 7.81. The molecule has 0 spiro atoms. The molecule has 156 valence electrons. The molecule has 7 nitrogen and oxygen atoms in total. The number of carbonyl (C=O) groups excluding carboxylic acids is 2. The highest BCUT2D eigenvalue weighted by molar-refractivity contribution is 8.00. The molecule has 1 amide bonds. The normalized spacial score (nSPS) is 13.0. The number of nitrogens with one attached hydrogen (secondary N) is 1. The second kappa shape index (κ2) is 12.4. The lowest BCUT2D eigenvalue weighted by molar-refractivity contribution is -0.146. The number of carboxylic acid groups (broad SMARTS) is 1. The standard InChI is InChI=1S/C20H30N2O5S/c1-5-27-20(26)17(21-15(4)19(24)25)12-28-13-18(23)22(14(2)3)11-16-9-7-6-8-10-16/h6-10,14-15,17,21H,5,11-13H2,1-4H3,(H,24,25)/t15-,17+/m1/s1. The molecule has 0 aliphatic rings. The first kappa shape index (κ1) is 24.0. The van der Waals surface area contributed by atoms with Crippen molar-refractivity contribution in [2.75, 3.05) is 18.1 Å². The van der Waals surface area contributed by atoms with Gasteiger partial charge in [0.2, 0.25) is 5.91 Å². The number of rotatable bonds is 12. The molecule has 2 atom stereocenters. The molecule has 0 aromatic heterocycles. The Balaban J connectivity index is 2.64. The number of thioether (sulfide) groups is 1. The van der Waals surface area contributed by atoms with E-state index in [0.29, 0.717) is 6.54 Å². The quantitative estimate of drug-likeness (QED) is 0.510. The Bertz CT molecular complexity index is 639. The zero-order valence-electron chi connectivity index (χ0n) is 16.9. The van der Waals surface area contributed by atoms with Gasteiger partial charge in [-0.25, -0.2) is 0 Å². The van der Waals surface area contributed by atoms with E-state index in [-0.39, 0.29) is 30.1 Å². The molecule has 0 saturated carbocycles. The number of hydrogen-bond donors (Lipinski definition) is 2. The van der Waals surface area contributed by atoms with Crippen molar-refractivity contribution in [3.63, 3.8) is 0 Å². The first-order chi connectivity index (χ1) is 13.3. The van der Waals surface area contributed by atoms with Crippen molar-refractivity contribution in [2.24, 2.45) is 0 Å². The molecule has 1 aromatic carbocycles. The number of carbonyl (C=O) groups is 3. The largest absolute Gasteiger partial charge is 0.480 e. The lowest BCUT2D eigenvalue weighted by Crippen LogP contribution is -2.48. The molecule has 0 aliphatic carbocycles. The van der Waals surface area contributed by atoms with E-state index in [0.717, 1.165) is 5.56 Å². The van der Waals surface area contributed by atoms with Gasteiger partial charge in [-0.05, 0) is 33.3 Å². The minimum Gasteiger partial charge on any atom is -0.480 e. The van der Waals surface area contributed by atoms with Crippen LogP contribution in [0.3, 0.4) is 0 Å². The van der Waals surface area contributed by atoms with Gasteiger partial charge in [-0.15, -0.1) is 11.8 Å². The molecule has 0 bridgehead atoms. The summed E-state index contributed by atoms with van der Waals surface area (Å²) < 4.78 is 5.00. The number of aliphatic carboxylic acids is 1. The molecule has 1 aromatic rings. The molecule has 1 rings (SSSR count). The Morgan fingerprint density at radius 3 is 2.36 bits per heavy atom. The molecule has 2 N–H and O–H groups in total. The summed E-state index contributed by atoms with van der Waals surface area (Å²) in [6.07, 6.45) is 0. The Labute approximate surface area is 170 Å². The van der Waals surface area contributed by atoms with E-state index in [9.17, 15) is 14.4 Å². The fraction of sp³-hybridized carbons (Fsp3) is 0.550. The highest BCUT2D eigenvalue weighted by Crippen LogP contribution is 2.13. The Kier molecular flexibility index (Phi) is 10.6. The zero-order chi connectivity index (χ0) is 21.1. The van der Waals surface area contributed by atoms with E-state index in [4.69, 9.17) is 9.84 Å². The van der Waals surface area contributed by atoms with Crippen LogP contribution in [0.4, 0.5) is 0 Å². The van der Waals surface area contributed by atoms with E-state index >= 15 is 0 Å². The Hall–Kier alpha value is -2.06. The molecule has 0 aliphatic heterocycles. The molecular weight excluding hydrogens is 380 g/mol. The molecule has 0 saturated heterocycles. The van der Waals surface area contributed by atoms with Gasteiger partial charge in [0.1, 0.15) is 12.1 Å². The maximum atomic E-state index is 12.7. The van der Waals surface area contributed by atoms with Gasteiger partial charge in [0.15, 0.2) is 0 Å². The third-order valence-electron chi connectivity index (χ3n) is 4.04. The number of carboxylic acids is 1. The van der Waals surface area contributed by atoms with Gasteiger partial charge < -0.3 is 14.7 Å². The van der Waals surface area contributed by atoms with Crippen molar-refractivity contribution < 1.29 is 24.2 Å². The number of hydrogen-bond acceptors (Lipinski definition) is 6. The molecule has 0 radical (unpaired) electrons. The Morgan fingerprint density at radius 2 is 1.82 bits per heavy atom. The number of esters is 1. The molecule has 0 fully saturated rings. The summed E-state index contributed by atoms with van der Waals surface area (Å²) >= 11 is 1.29. The topological polar surface area (TPSA) is 95.9 Å². The van der Waals surface area contributed by atoms with Gasteiger partial charge in [0.05, 0.1) is 12.4 Å². The maximum Gasteiger partial charge on any atom is 0.324 e. The van der Waals surface area contributed by atoms with Gasteiger partial charge in [0, 0.05) is 18.3 Å². The van der Waals surface area contributed by atoms with Crippen LogP contribution in [0.25, 0.3) is 0 Å². The van der Waals surface area contributed by atoms with Gasteiger partial charge in [-0.1, -0.05) is 30.3 Å². The van der Waals surface area contributed by atoms with Crippen LogP contribution in [0.2, 0.25) is 0 Å². The van der Waals surface area contributed by atoms with Crippen molar-refractivity contribution in [3.8, 4) is 0 Å². The molecule has 0 heterocycles. The highest BCUT2D eigenvalue weighted by atomic mass is 32.2. The van der Waals surface area contributed by atoms with Gasteiger partial charge in [-0.2, -0.15) is 0 Å². The van der Waals surface area contributed by atoms with Gasteiger partial charge in [-0.3, -0.25) is 19.7 Å². The van der Waals surface area contributed by atoms with Crippen molar-refractivity contribution in [2.45, 2.75) is 52.4 Å². The molecule has 0 unspecified atom stereocenters. The fourth-order valence-electron chi connectivity index (χ4n) is 2.49.